The van der Waals surface area contributed by atoms with Crippen LogP contribution in [0.1, 0.15) is 25.5 Å². The summed E-state index contributed by atoms with van der Waals surface area (Å²) in [4.78, 5) is 17.7. The molecule has 7 rings (SSSR count). The second kappa shape index (κ2) is 11.0. The monoisotopic (exact) mass is 616 g/mol. The van der Waals surface area contributed by atoms with Crippen LogP contribution in [-0.4, -0.2) is 44.1 Å². The predicted molar refractivity (Wildman–Crippen MR) is 161 cm³/mol. The van der Waals surface area contributed by atoms with Crippen LogP contribution >= 0.6 is 0 Å². The highest BCUT2D eigenvalue weighted by atomic mass is 32.2. The van der Waals surface area contributed by atoms with Crippen LogP contribution in [-0.2, 0) is 21.8 Å². The van der Waals surface area contributed by atoms with E-state index >= 15 is 8.78 Å². The van der Waals surface area contributed by atoms with Gasteiger partial charge < -0.3 is 14.6 Å². The zero-order chi connectivity index (χ0) is 30.4. The summed E-state index contributed by atoms with van der Waals surface area (Å²) < 4.78 is 69.5. The predicted octanol–water partition coefficient (Wildman–Crippen LogP) is 5.90. The summed E-state index contributed by atoms with van der Waals surface area (Å²) in [6.07, 6.45) is 8.86. The molecule has 1 unspecified atom stereocenters. The van der Waals surface area contributed by atoms with Crippen LogP contribution in [0.15, 0.2) is 78.5 Å². The van der Waals surface area contributed by atoms with Crippen molar-refractivity contribution in [2.75, 3.05) is 16.6 Å². The van der Waals surface area contributed by atoms with Gasteiger partial charge in [-0.3, -0.25) is 9.29 Å². The van der Waals surface area contributed by atoms with Crippen molar-refractivity contribution in [3.63, 3.8) is 0 Å². The van der Waals surface area contributed by atoms with Gasteiger partial charge in [0.2, 0.25) is 0 Å². The maximum Gasteiger partial charge on any atom is 0.262 e. The number of imidazole rings is 1. The number of fused-ring (bicyclic) bond motifs is 2. The first-order chi connectivity index (χ1) is 21.3. The van der Waals surface area contributed by atoms with Crippen LogP contribution in [0.3, 0.4) is 0 Å². The van der Waals surface area contributed by atoms with E-state index in [4.69, 9.17) is 4.74 Å². The second-order valence-corrected chi connectivity index (χ2v) is 12.0. The third-order valence-electron chi connectivity index (χ3n) is 7.64. The van der Waals surface area contributed by atoms with Gasteiger partial charge in [0.05, 0.1) is 16.9 Å². The average Bonchev–Trinajstić information content (AvgIpc) is 3.65. The average molecular weight is 617 g/mol. The highest BCUT2D eigenvalue weighted by Crippen LogP contribution is 2.36. The molecule has 1 aliphatic heterocycles. The van der Waals surface area contributed by atoms with E-state index < -0.39 is 33.0 Å². The minimum absolute atomic E-state index is 0.0355. The van der Waals surface area contributed by atoms with Crippen molar-refractivity contribution in [2.45, 2.75) is 30.4 Å². The lowest BCUT2D eigenvalue weighted by molar-refractivity contribution is -0.0298. The number of ether oxygens (including phenoxy) is 1. The molecule has 1 saturated heterocycles. The molecule has 6 aromatic rings. The van der Waals surface area contributed by atoms with E-state index in [0.717, 1.165) is 31.4 Å². The molecule has 0 radical (unpaired) electrons. The van der Waals surface area contributed by atoms with Crippen molar-refractivity contribution in [1.29, 1.82) is 0 Å². The molecule has 2 aromatic carbocycles. The molecule has 44 heavy (non-hydrogen) atoms. The second-order valence-electron chi connectivity index (χ2n) is 10.4. The first-order valence-corrected chi connectivity index (χ1v) is 15.4. The lowest BCUT2D eigenvalue weighted by Gasteiger charge is -2.23. The molecule has 4 aromatic heterocycles. The van der Waals surface area contributed by atoms with E-state index in [1.54, 1.807) is 54.5 Å². The number of pyridine rings is 1. The molecule has 0 spiro atoms. The zero-order valence-corrected chi connectivity index (χ0v) is 24.2. The summed E-state index contributed by atoms with van der Waals surface area (Å²) in [5, 5.41) is 3.19. The quantitative estimate of drug-likeness (QED) is 0.227. The van der Waals surface area contributed by atoms with E-state index in [1.165, 1.54) is 18.6 Å². The minimum atomic E-state index is -4.24. The van der Waals surface area contributed by atoms with E-state index in [2.05, 4.69) is 30.0 Å². The summed E-state index contributed by atoms with van der Waals surface area (Å²) in [5.74, 6) is -2.00. The maximum atomic E-state index is 15.9. The topological polar surface area (TPSA) is 129 Å². The Balaban J connectivity index is 1.24. The Labute approximate surface area is 250 Å². The van der Waals surface area contributed by atoms with Gasteiger partial charge in [0, 0.05) is 42.5 Å². The maximum absolute atomic E-state index is 15.9. The Morgan fingerprint density at radius 2 is 1.89 bits per heavy atom. The number of nitrogens with one attached hydrogen (secondary N) is 2. The molecule has 0 aliphatic carbocycles. The third-order valence-corrected chi connectivity index (χ3v) is 9.07. The lowest BCUT2D eigenvalue weighted by atomic mass is 10.1. The van der Waals surface area contributed by atoms with E-state index in [1.807, 2.05) is 4.57 Å². The van der Waals surface area contributed by atoms with Crippen LogP contribution in [0, 0.1) is 11.6 Å². The summed E-state index contributed by atoms with van der Waals surface area (Å²) in [5.41, 5.74) is 1.50. The van der Waals surface area contributed by atoms with E-state index in [-0.39, 0.29) is 16.9 Å². The minimum Gasteiger partial charge on any atom is -0.358 e. The van der Waals surface area contributed by atoms with Gasteiger partial charge in [-0.1, -0.05) is 6.07 Å². The molecule has 1 atom stereocenters. The fraction of sp³-hybridized carbons (Fsp3) is 0.200. The van der Waals surface area contributed by atoms with Gasteiger partial charge in [-0.2, -0.15) is 0 Å². The number of nitrogens with zero attached hydrogens (tertiary/aromatic N) is 6. The molecular weight excluding hydrogens is 590 g/mol. The number of hydrogen-bond acceptors (Lipinski definition) is 8. The van der Waals surface area contributed by atoms with E-state index in [9.17, 15) is 8.42 Å². The Morgan fingerprint density at radius 1 is 1.00 bits per heavy atom. The fourth-order valence-corrected chi connectivity index (χ4v) is 6.75. The molecule has 0 saturated carbocycles. The van der Waals surface area contributed by atoms with Crippen LogP contribution in [0.2, 0.25) is 0 Å². The Hall–Kier alpha value is -4.95. The highest BCUT2D eigenvalue weighted by Gasteiger charge is 2.25. The molecule has 224 valence electrons. The number of anilines is 3. The van der Waals surface area contributed by atoms with Gasteiger partial charge in [0.15, 0.2) is 11.5 Å². The summed E-state index contributed by atoms with van der Waals surface area (Å²) in [6, 6.07) is 11.8. The van der Waals surface area contributed by atoms with Crippen LogP contribution in [0.4, 0.5) is 26.0 Å². The fourth-order valence-electron chi connectivity index (χ4n) is 5.47. The number of hydrogen-bond donors (Lipinski definition) is 2. The normalized spacial score (nSPS) is 15.6. The first-order valence-electron chi connectivity index (χ1n) is 13.9. The Morgan fingerprint density at radius 3 is 2.73 bits per heavy atom. The van der Waals surface area contributed by atoms with Crippen LogP contribution < -0.4 is 10.0 Å². The molecule has 0 bridgehead atoms. The Kier molecular flexibility index (Phi) is 6.94. The molecule has 11 nitrogen and oxygen atoms in total. The van der Waals surface area contributed by atoms with Crippen molar-refractivity contribution in [2.24, 2.45) is 7.05 Å². The van der Waals surface area contributed by atoms with Gasteiger partial charge in [-0.05, 0) is 61.7 Å². The SMILES string of the molecule is Cn1ccc2c(S(=O)(=O)Nc3ccc(F)c(Nc4ncccc4-c4ncnc5c4ncn5C4CCCCO4)c3F)cccc21. The van der Waals surface area contributed by atoms with Crippen molar-refractivity contribution in [3.05, 3.63) is 85.2 Å². The molecule has 1 aliphatic rings. The number of benzene rings is 2. The number of aromatic nitrogens is 6. The zero-order valence-electron chi connectivity index (χ0n) is 23.4. The molecule has 14 heteroatoms. The van der Waals surface area contributed by atoms with Crippen molar-refractivity contribution in [3.8, 4) is 11.3 Å². The largest absolute Gasteiger partial charge is 0.358 e. The molecule has 0 amide bonds. The van der Waals surface area contributed by atoms with Crippen molar-refractivity contribution < 1.29 is 21.9 Å². The summed E-state index contributed by atoms with van der Waals surface area (Å²) in [6.45, 7) is 0.646. The van der Waals surface area contributed by atoms with Crippen LogP contribution in [0.5, 0.6) is 0 Å². The molecule has 5 heterocycles. The van der Waals surface area contributed by atoms with Crippen molar-refractivity contribution in [1.82, 2.24) is 29.1 Å². The Bertz CT molecular complexity index is 2140. The number of aryl methyl sites for hydroxylation is 1. The van der Waals surface area contributed by atoms with Gasteiger partial charge in [0.25, 0.3) is 10.0 Å². The number of halogens is 2. The van der Waals surface area contributed by atoms with Gasteiger partial charge in [-0.25, -0.2) is 37.1 Å². The van der Waals surface area contributed by atoms with Gasteiger partial charge in [0.1, 0.15) is 41.1 Å². The lowest BCUT2D eigenvalue weighted by Crippen LogP contribution is -2.17. The molecular formula is C30H26F2N8O3S. The van der Waals surface area contributed by atoms with Gasteiger partial charge in [-0.15, -0.1) is 0 Å². The highest BCUT2D eigenvalue weighted by molar-refractivity contribution is 7.93. The first kappa shape index (κ1) is 27.9. The van der Waals surface area contributed by atoms with Crippen molar-refractivity contribution >= 4 is 49.3 Å². The summed E-state index contributed by atoms with van der Waals surface area (Å²) in [7, 11) is -2.45. The van der Waals surface area contributed by atoms with E-state index in [0.29, 0.717) is 39.9 Å². The van der Waals surface area contributed by atoms with Crippen LogP contribution in [0.25, 0.3) is 33.3 Å². The third kappa shape index (κ3) is 4.81. The smallest absolute Gasteiger partial charge is 0.262 e. The molecule has 2 N–H and O–H groups in total. The number of rotatable bonds is 7. The molecule has 1 fully saturated rings. The van der Waals surface area contributed by atoms with Gasteiger partial charge >= 0.3 is 0 Å². The number of sulfonamides is 1. The standard InChI is InChI=1S/C30H26F2N8O3S/c1-39-14-12-18-22(39)7-4-8-23(18)44(41,42)38-21-11-10-20(31)27(25(21)32)37-29-19(6-5-13-33-29)26-28-30(35-16-34-26)40(17-36-28)24-9-2-3-15-43-24/h4-8,10-14,16-17,24,38H,2-3,9,15H2,1H3,(H,33,37). The summed E-state index contributed by atoms with van der Waals surface area (Å²) >= 11 is 0.